The molecule has 1 heterocycles. The van der Waals surface area contributed by atoms with Gasteiger partial charge in [0.1, 0.15) is 0 Å². The molecule has 1 aromatic carbocycles. The zero-order valence-corrected chi connectivity index (χ0v) is 13.1. The number of nitrogens with one attached hydrogen (secondary N) is 1. The Morgan fingerprint density at radius 3 is 2.31 bits per heavy atom. The van der Waals surface area contributed by atoms with E-state index < -0.39 is 23.8 Å². The first-order valence-electron chi connectivity index (χ1n) is 7.05. The molecule has 3 N–H and O–H groups in total. The van der Waals surface area contributed by atoms with E-state index in [1.54, 1.807) is 30.3 Å². The number of anilines is 2. The molecule has 10 heteroatoms. The summed E-state index contributed by atoms with van der Waals surface area (Å²) in [5, 5.41) is 19.5. The molecule has 132 valence electrons. The molecule has 2 amide bonds. The normalized spacial score (nSPS) is 10.3. The van der Waals surface area contributed by atoms with Crippen LogP contribution >= 0.6 is 0 Å². The van der Waals surface area contributed by atoms with Crippen LogP contribution in [0.4, 0.5) is 11.6 Å². The number of aliphatic carboxylic acids is 2. The number of carbonyl (C=O) groups excluding carboxylic acids is 2. The lowest BCUT2D eigenvalue weighted by molar-refractivity contribution is -0.148. The molecule has 0 bridgehead atoms. The molecule has 0 fully saturated rings. The van der Waals surface area contributed by atoms with Crippen molar-refractivity contribution >= 4 is 41.5 Å². The van der Waals surface area contributed by atoms with Crippen LogP contribution in [0, 0.1) is 0 Å². The maximum Gasteiger partial charge on any atom is 0.395 e. The van der Waals surface area contributed by atoms with Gasteiger partial charge < -0.3 is 10.2 Å². The Kier molecular flexibility index (Phi) is 5.72. The third-order valence-electron chi connectivity index (χ3n) is 2.93. The van der Waals surface area contributed by atoms with Crippen molar-refractivity contribution in [3.05, 3.63) is 54.5 Å². The minimum absolute atomic E-state index is 0.208. The molecule has 0 spiro atoms. The summed E-state index contributed by atoms with van der Waals surface area (Å²) in [6.07, 6.45) is 3.76. The zero-order valence-electron chi connectivity index (χ0n) is 13.1. The first-order valence-corrected chi connectivity index (χ1v) is 7.05. The van der Waals surface area contributed by atoms with Gasteiger partial charge in [0.25, 0.3) is 0 Å². The molecule has 0 saturated heterocycles. The van der Waals surface area contributed by atoms with Crippen molar-refractivity contribution in [3.63, 3.8) is 0 Å². The van der Waals surface area contributed by atoms with Crippen LogP contribution in [0.5, 0.6) is 0 Å². The molecule has 1 aromatic heterocycles. The molecule has 0 aliphatic heterocycles. The largest absolute Gasteiger partial charge is 0.474 e. The molecule has 0 aliphatic rings. The molecule has 0 radical (unpaired) electrons. The van der Waals surface area contributed by atoms with E-state index in [9.17, 15) is 19.2 Å². The van der Waals surface area contributed by atoms with E-state index in [0.717, 1.165) is 4.90 Å². The number of aromatic nitrogens is 2. The van der Waals surface area contributed by atoms with Gasteiger partial charge in [-0.15, -0.1) is 0 Å². The number of carbonyl (C=O) groups is 4. The fourth-order valence-corrected chi connectivity index (χ4v) is 1.79. The average Bonchev–Trinajstić information content (AvgIpc) is 2.62. The van der Waals surface area contributed by atoms with Gasteiger partial charge in [-0.2, -0.15) is 0 Å². The first-order chi connectivity index (χ1) is 12.4. The summed E-state index contributed by atoms with van der Waals surface area (Å²) in [5.74, 6) is -6.08. The van der Waals surface area contributed by atoms with Crippen LogP contribution in [-0.2, 0) is 19.2 Å². The van der Waals surface area contributed by atoms with Gasteiger partial charge in [0.2, 0.25) is 5.95 Å². The smallest absolute Gasteiger partial charge is 0.395 e. The number of benzene rings is 1. The minimum Gasteiger partial charge on any atom is -0.474 e. The third-order valence-corrected chi connectivity index (χ3v) is 2.93. The van der Waals surface area contributed by atoms with E-state index >= 15 is 0 Å². The van der Waals surface area contributed by atoms with Gasteiger partial charge in [0.05, 0.1) is 5.69 Å². The summed E-state index contributed by atoms with van der Waals surface area (Å²) >= 11 is 0. The van der Waals surface area contributed by atoms with Gasteiger partial charge >= 0.3 is 23.8 Å². The molecule has 2 rings (SSSR count). The molecule has 2 aromatic rings. The number of carboxylic acid groups (broad SMARTS) is 2. The molecular formula is C16H12N4O6. The summed E-state index contributed by atoms with van der Waals surface area (Å²) in [4.78, 5) is 53.0. The van der Waals surface area contributed by atoms with Crippen LogP contribution in [0.25, 0.3) is 6.08 Å². The number of carboxylic acids is 2. The second-order valence-corrected chi connectivity index (χ2v) is 4.70. The summed E-state index contributed by atoms with van der Waals surface area (Å²) in [7, 11) is 0. The van der Waals surface area contributed by atoms with Crippen molar-refractivity contribution in [1.82, 2.24) is 9.97 Å². The topological polar surface area (TPSA) is 150 Å². The lowest BCUT2D eigenvalue weighted by atomic mass is 10.3. The van der Waals surface area contributed by atoms with Crippen LogP contribution in [0.3, 0.4) is 0 Å². The van der Waals surface area contributed by atoms with Crippen molar-refractivity contribution in [2.24, 2.45) is 0 Å². The summed E-state index contributed by atoms with van der Waals surface area (Å²) in [6.45, 7) is 0. The van der Waals surface area contributed by atoms with Gasteiger partial charge in [-0.3, -0.25) is 19.8 Å². The van der Waals surface area contributed by atoms with Crippen LogP contribution in [0.1, 0.15) is 5.69 Å². The summed E-state index contributed by atoms with van der Waals surface area (Å²) < 4.78 is 0. The molecular weight excluding hydrogens is 344 g/mol. The average molecular weight is 356 g/mol. The Morgan fingerprint density at radius 2 is 1.69 bits per heavy atom. The highest BCUT2D eigenvalue weighted by molar-refractivity contribution is 6.38. The zero-order chi connectivity index (χ0) is 19.1. The Balaban J connectivity index is 2.27. The Labute approximate surface area is 146 Å². The predicted octanol–water partition coefficient (Wildman–Crippen LogP) is 0.588. The van der Waals surface area contributed by atoms with E-state index in [1.165, 1.54) is 24.5 Å². The SMILES string of the molecule is O=C(O)C(=O)Nc1nccc(/C=C/N(C(=O)C(=O)O)c2ccccc2)n1. The highest BCUT2D eigenvalue weighted by Crippen LogP contribution is 2.15. The van der Waals surface area contributed by atoms with Crippen LogP contribution < -0.4 is 10.2 Å². The quantitative estimate of drug-likeness (QED) is 0.674. The van der Waals surface area contributed by atoms with Crippen molar-refractivity contribution in [2.45, 2.75) is 0 Å². The fourth-order valence-electron chi connectivity index (χ4n) is 1.79. The summed E-state index contributed by atoms with van der Waals surface area (Å²) in [5.41, 5.74) is 0.532. The molecule has 0 unspecified atom stereocenters. The minimum atomic E-state index is -1.70. The van der Waals surface area contributed by atoms with Crippen molar-refractivity contribution in [3.8, 4) is 0 Å². The van der Waals surface area contributed by atoms with Crippen LogP contribution in [0.15, 0.2) is 48.8 Å². The Morgan fingerprint density at radius 1 is 1.00 bits per heavy atom. The highest BCUT2D eigenvalue weighted by atomic mass is 16.4. The van der Waals surface area contributed by atoms with Crippen molar-refractivity contribution in [2.75, 3.05) is 10.2 Å². The van der Waals surface area contributed by atoms with Crippen LogP contribution in [0.2, 0.25) is 0 Å². The van der Waals surface area contributed by atoms with Crippen molar-refractivity contribution in [1.29, 1.82) is 0 Å². The van der Waals surface area contributed by atoms with Gasteiger partial charge in [0.15, 0.2) is 0 Å². The molecule has 0 atom stereocenters. The molecule has 0 aliphatic carbocycles. The van der Waals surface area contributed by atoms with Gasteiger partial charge in [-0.1, -0.05) is 18.2 Å². The Hall–Kier alpha value is -4.08. The van der Waals surface area contributed by atoms with Gasteiger partial charge in [0, 0.05) is 18.1 Å². The maximum absolute atomic E-state index is 11.9. The fraction of sp³-hybridized carbons (Fsp3) is 0. The molecule has 10 nitrogen and oxygen atoms in total. The van der Waals surface area contributed by atoms with E-state index in [1.807, 2.05) is 5.32 Å². The second kappa shape index (κ2) is 8.15. The number of nitrogens with zero attached hydrogens (tertiary/aromatic N) is 3. The first kappa shape index (κ1) is 18.3. The third kappa shape index (κ3) is 4.71. The van der Waals surface area contributed by atoms with Gasteiger partial charge in [-0.25, -0.2) is 19.6 Å². The summed E-state index contributed by atoms with van der Waals surface area (Å²) in [6, 6.07) is 9.48. The predicted molar refractivity (Wildman–Crippen MR) is 88.9 cm³/mol. The molecule has 26 heavy (non-hydrogen) atoms. The lowest BCUT2D eigenvalue weighted by Gasteiger charge is -2.15. The number of para-hydroxylation sites is 1. The van der Waals surface area contributed by atoms with Crippen molar-refractivity contribution < 1.29 is 29.4 Å². The number of amides is 2. The number of hydrogen-bond acceptors (Lipinski definition) is 6. The van der Waals surface area contributed by atoms with Crippen LogP contribution in [-0.4, -0.2) is 43.9 Å². The highest BCUT2D eigenvalue weighted by Gasteiger charge is 2.20. The van der Waals surface area contributed by atoms with E-state index in [4.69, 9.17) is 10.2 Å². The van der Waals surface area contributed by atoms with E-state index in [2.05, 4.69) is 9.97 Å². The lowest BCUT2D eigenvalue weighted by Crippen LogP contribution is -2.32. The second-order valence-electron chi connectivity index (χ2n) is 4.70. The maximum atomic E-state index is 11.9. The monoisotopic (exact) mass is 356 g/mol. The molecule has 0 saturated carbocycles. The standard InChI is InChI=1S/C16H12N4O6/c21-12(14(23)24)19-16-17-8-6-10(18-16)7-9-20(13(22)15(25)26)11-4-2-1-3-5-11/h1-9H,(H,23,24)(H,25,26)(H,17,18,19,21)/b9-7+. The number of rotatable bonds is 4. The van der Waals surface area contributed by atoms with E-state index in [-0.39, 0.29) is 11.6 Å². The number of hydrogen-bond donors (Lipinski definition) is 3. The van der Waals surface area contributed by atoms with E-state index in [0.29, 0.717) is 5.69 Å². The Bertz CT molecular complexity index is 881. The van der Waals surface area contributed by atoms with Gasteiger partial charge in [-0.05, 0) is 24.3 Å².